The Kier molecular flexibility index (Phi) is 4.79. The fraction of sp³-hybridized carbons (Fsp3) is 0.455. The van der Waals surface area contributed by atoms with Gasteiger partial charge in [-0.1, -0.05) is 23.7 Å². The molecule has 1 aromatic rings. The molecule has 0 amide bonds. The Balaban J connectivity index is 2.63. The second-order valence-electron chi connectivity index (χ2n) is 3.50. The minimum atomic E-state index is 0.241. The van der Waals surface area contributed by atoms with Crippen molar-refractivity contribution < 1.29 is 0 Å². The SMILES string of the molecule is CSCC(N)Cc1ccc(Cl)c(C)c1. The van der Waals surface area contributed by atoms with Crippen LogP contribution in [-0.2, 0) is 6.42 Å². The zero-order valence-electron chi connectivity index (χ0n) is 8.59. The van der Waals surface area contributed by atoms with E-state index in [-0.39, 0.29) is 6.04 Å². The van der Waals surface area contributed by atoms with E-state index in [0.717, 1.165) is 22.8 Å². The van der Waals surface area contributed by atoms with Gasteiger partial charge < -0.3 is 5.73 Å². The van der Waals surface area contributed by atoms with Crippen LogP contribution < -0.4 is 5.73 Å². The van der Waals surface area contributed by atoms with Crippen molar-refractivity contribution in [3.05, 3.63) is 34.3 Å². The first kappa shape index (κ1) is 11.9. The highest BCUT2D eigenvalue weighted by Gasteiger charge is 2.04. The number of nitrogens with two attached hydrogens (primary N) is 1. The van der Waals surface area contributed by atoms with Gasteiger partial charge in [-0.25, -0.2) is 0 Å². The van der Waals surface area contributed by atoms with Gasteiger partial charge in [0.25, 0.3) is 0 Å². The van der Waals surface area contributed by atoms with Crippen LogP contribution in [0.15, 0.2) is 18.2 Å². The molecule has 2 N–H and O–H groups in total. The van der Waals surface area contributed by atoms with Crippen molar-refractivity contribution in [2.45, 2.75) is 19.4 Å². The van der Waals surface area contributed by atoms with Gasteiger partial charge in [-0.3, -0.25) is 0 Å². The molecule has 0 heterocycles. The Morgan fingerprint density at radius 2 is 2.21 bits per heavy atom. The van der Waals surface area contributed by atoms with Crippen LogP contribution in [-0.4, -0.2) is 18.1 Å². The summed E-state index contributed by atoms with van der Waals surface area (Å²) in [4.78, 5) is 0. The van der Waals surface area contributed by atoms with Crippen LogP contribution in [0.2, 0.25) is 5.02 Å². The highest BCUT2D eigenvalue weighted by Crippen LogP contribution is 2.17. The summed E-state index contributed by atoms with van der Waals surface area (Å²) in [6, 6.07) is 6.35. The first-order chi connectivity index (χ1) is 6.63. The van der Waals surface area contributed by atoms with E-state index in [1.165, 1.54) is 5.56 Å². The maximum atomic E-state index is 5.95. The molecule has 0 saturated heterocycles. The molecule has 0 radical (unpaired) electrons. The monoisotopic (exact) mass is 229 g/mol. The molecule has 0 aromatic heterocycles. The molecule has 78 valence electrons. The number of thioether (sulfide) groups is 1. The van der Waals surface area contributed by atoms with Crippen molar-refractivity contribution in [1.82, 2.24) is 0 Å². The molecule has 0 saturated carbocycles. The lowest BCUT2D eigenvalue weighted by molar-refractivity contribution is 0.749. The van der Waals surface area contributed by atoms with E-state index < -0.39 is 0 Å². The molecule has 1 rings (SSSR count). The lowest BCUT2D eigenvalue weighted by Gasteiger charge is -2.10. The summed E-state index contributed by atoms with van der Waals surface area (Å²) in [5.41, 5.74) is 8.35. The summed E-state index contributed by atoms with van der Waals surface area (Å²) >= 11 is 7.73. The van der Waals surface area contributed by atoms with Gasteiger partial charge in [0.05, 0.1) is 0 Å². The van der Waals surface area contributed by atoms with Crippen LogP contribution in [0.1, 0.15) is 11.1 Å². The predicted octanol–water partition coefficient (Wildman–Crippen LogP) is 2.88. The zero-order chi connectivity index (χ0) is 10.6. The number of halogens is 1. The molecule has 1 atom stereocenters. The van der Waals surface area contributed by atoms with Crippen molar-refractivity contribution in [2.75, 3.05) is 12.0 Å². The quantitative estimate of drug-likeness (QED) is 0.860. The molecule has 0 aliphatic heterocycles. The van der Waals surface area contributed by atoms with Crippen LogP contribution in [0.5, 0.6) is 0 Å². The number of hydrogen-bond donors (Lipinski definition) is 1. The van der Waals surface area contributed by atoms with E-state index in [2.05, 4.69) is 18.4 Å². The Morgan fingerprint density at radius 3 is 2.79 bits per heavy atom. The van der Waals surface area contributed by atoms with Crippen LogP contribution >= 0.6 is 23.4 Å². The fourth-order valence-electron chi connectivity index (χ4n) is 1.41. The van der Waals surface area contributed by atoms with Crippen LogP contribution in [0.4, 0.5) is 0 Å². The summed E-state index contributed by atoms with van der Waals surface area (Å²) in [5, 5.41) is 0.826. The van der Waals surface area contributed by atoms with E-state index in [4.69, 9.17) is 17.3 Å². The highest BCUT2D eigenvalue weighted by atomic mass is 35.5. The summed E-state index contributed by atoms with van der Waals surface area (Å²) in [5.74, 6) is 1.00. The molecular weight excluding hydrogens is 214 g/mol. The summed E-state index contributed by atoms with van der Waals surface area (Å²) < 4.78 is 0. The first-order valence-electron chi connectivity index (χ1n) is 4.63. The zero-order valence-corrected chi connectivity index (χ0v) is 10.2. The molecular formula is C11H16ClNS. The number of hydrogen-bond acceptors (Lipinski definition) is 2. The van der Waals surface area contributed by atoms with Crippen molar-refractivity contribution >= 4 is 23.4 Å². The molecule has 14 heavy (non-hydrogen) atoms. The van der Waals surface area contributed by atoms with E-state index in [1.54, 1.807) is 11.8 Å². The van der Waals surface area contributed by atoms with E-state index in [9.17, 15) is 0 Å². The molecule has 0 aliphatic carbocycles. The molecule has 0 bridgehead atoms. The lowest BCUT2D eigenvalue weighted by Crippen LogP contribution is -2.25. The van der Waals surface area contributed by atoms with E-state index in [0.29, 0.717) is 0 Å². The average Bonchev–Trinajstić information content (AvgIpc) is 2.12. The largest absolute Gasteiger partial charge is 0.327 e. The highest BCUT2D eigenvalue weighted by molar-refractivity contribution is 7.98. The van der Waals surface area contributed by atoms with Gasteiger partial charge in [-0.2, -0.15) is 11.8 Å². The standard InChI is InChI=1S/C11H16ClNS/c1-8-5-9(3-4-11(8)12)6-10(13)7-14-2/h3-5,10H,6-7,13H2,1-2H3. The van der Waals surface area contributed by atoms with Gasteiger partial charge >= 0.3 is 0 Å². The van der Waals surface area contributed by atoms with Crippen LogP contribution in [0.3, 0.4) is 0 Å². The van der Waals surface area contributed by atoms with Gasteiger partial charge in [0.2, 0.25) is 0 Å². The summed E-state index contributed by atoms with van der Waals surface area (Å²) in [7, 11) is 0. The number of rotatable bonds is 4. The molecule has 0 fully saturated rings. The van der Waals surface area contributed by atoms with Crippen LogP contribution in [0, 0.1) is 6.92 Å². The maximum Gasteiger partial charge on any atom is 0.0435 e. The van der Waals surface area contributed by atoms with Gasteiger partial charge in [0.1, 0.15) is 0 Å². The predicted molar refractivity (Wildman–Crippen MR) is 66.3 cm³/mol. The Hall–Kier alpha value is -0.180. The molecule has 0 aliphatic rings. The topological polar surface area (TPSA) is 26.0 Å². The van der Waals surface area contributed by atoms with Gasteiger partial charge in [-0.05, 0) is 36.8 Å². The average molecular weight is 230 g/mol. The normalized spacial score (nSPS) is 12.9. The Morgan fingerprint density at radius 1 is 1.50 bits per heavy atom. The summed E-state index contributed by atoms with van der Waals surface area (Å²) in [6.07, 6.45) is 3.01. The molecule has 1 unspecified atom stereocenters. The van der Waals surface area contributed by atoms with Crippen molar-refractivity contribution in [3.63, 3.8) is 0 Å². The second kappa shape index (κ2) is 5.64. The second-order valence-corrected chi connectivity index (χ2v) is 4.82. The third kappa shape index (κ3) is 3.52. The minimum Gasteiger partial charge on any atom is -0.327 e. The third-order valence-electron chi connectivity index (χ3n) is 2.10. The summed E-state index contributed by atoms with van der Waals surface area (Å²) in [6.45, 7) is 2.02. The van der Waals surface area contributed by atoms with Crippen molar-refractivity contribution in [1.29, 1.82) is 0 Å². The molecule has 0 spiro atoms. The first-order valence-corrected chi connectivity index (χ1v) is 6.40. The molecule has 1 nitrogen and oxygen atoms in total. The molecule has 3 heteroatoms. The number of aryl methyl sites for hydroxylation is 1. The van der Waals surface area contributed by atoms with Crippen molar-refractivity contribution in [2.24, 2.45) is 5.73 Å². The van der Waals surface area contributed by atoms with Gasteiger partial charge in [-0.15, -0.1) is 0 Å². The van der Waals surface area contributed by atoms with Crippen LogP contribution in [0.25, 0.3) is 0 Å². The van der Waals surface area contributed by atoms with Gasteiger partial charge in [0, 0.05) is 16.8 Å². The maximum absolute atomic E-state index is 5.95. The Bertz CT molecular complexity index is 301. The lowest BCUT2D eigenvalue weighted by atomic mass is 10.1. The fourth-order valence-corrected chi connectivity index (χ4v) is 2.07. The Labute approximate surface area is 95.0 Å². The van der Waals surface area contributed by atoms with Gasteiger partial charge in [0.15, 0.2) is 0 Å². The van der Waals surface area contributed by atoms with Crippen molar-refractivity contribution in [3.8, 4) is 0 Å². The minimum absolute atomic E-state index is 0.241. The molecule has 1 aromatic carbocycles. The van der Waals surface area contributed by atoms with E-state index in [1.807, 2.05) is 13.0 Å². The smallest absolute Gasteiger partial charge is 0.0435 e. The number of benzene rings is 1. The van der Waals surface area contributed by atoms with E-state index >= 15 is 0 Å². The third-order valence-corrected chi connectivity index (χ3v) is 3.29.